The normalized spacial score (nSPS) is 21.1. The summed E-state index contributed by atoms with van der Waals surface area (Å²) in [5.74, 6) is 0.995. The van der Waals surface area contributed by atoms with Crippen LogP contribution in [0.1, 0.15) is 65.7 Å². The van der Waals surface area contributed by atoms with E-state index in [1.54, 1.807) is 0 Å². The fraction of sp³-hybridized carbons (Fsp3) is 0.933. The van der Waals surface area contributed by atoms with Crippen LogP contribution in [0.25, 0.3) is 0 Å². The molecule has 2 nitrogen and oxygen atoms in total. The second-order valence-electron chi connectivity index (χ2n) is 5.37. The van der Waals surface area contributed by atoms with Crippen LogP contribution in [0, 0.1) is 11.8 Å². The van der Waals surface area contributed by atoms with Crippen LogP contribution in [-0.4, -0.2) is 18.5 Å². The third-order valence-corrected chi connectivity index (χ3v) is 3.91. The second-order valence-corrected chi connectivity index (χ2v) is 5.37. The van der Waals surface area contributed by atoms with Gasteiger partial charge < -0.3 is 4.74 Å². The van der Waals surface area contributed by atoms with Gasteiger partial charge in [-0.2, -0.15) is 0 Å². The molecule has 1 saturated carbocycles. The first-order valence-corrected chi connectivity index (χ1v) is 7.36. The van der Waals surface area contributed by atoms with Gasteiger partial charge in [-0.15, -0.1) is 0 Å². The molecule has 0 bridgehead atoms. The van der Waals surface area contributed by atoms with E-state index in [1.807, 2.05) is 6.92 Å². The molecule has 1 aliphatic carbocycles. The van der Waals surface area contributed by atoms with Crippen LogP contribution >= 0.6 is 0 Å². The molecule has 0 saturated heterocycles. The maximum atomic E-state index is 12.4. The van der Waals surface area contributed by atoms with Crippen molar-refractivity contribution < 1.29 is 9.53 Å². The molecule has 2 atom stereocenters. The summed E-state index contributed by atoms with van der Waals surface area (Å²) in [7, 11) is 0. The zero-order chi connectivity index (χ0) is 12.7. The molecule has 100 valence electrons. The number of carbonyl (C=O) groups excluding carboxylic acids is 1. The van der Waals surface area contributed by atoms with Gasteiger partial charge >= 0.3 is 0 Å². The summed E-state index contributed by atoms with van der Waals surface area (Å²) in [5.41, 5.74) is 0. The van der Waals surface area contributed by atoms with Crippen molar-refractivity contribution >= 4 is 5.78 Å². The Morgan fingerprint density at radius 2 is 1.88 bits per heavy atom. The van der Waals surface area contributed by atoms with Gasteiger partial charge in [-0.1, -0.05) is 39.5 Å². The summed E-state index contributed by atoms with van der Waals surface area (Å²) in [6.07, 6.45) is 8.17. The zero-order valence-corrected chi connectivity index (χ0v) is 11.7. The number of ketones is 1. The van der Waals surface area contributed by atoms with Crippen LogP contribution in [0.2, 0.25) is 0 Å². The quantitative estimate of drug-likeness (QED) is 0.673. The summed E-state index contributed by atoms with van der Waals surface area (Å²) in [6.45, 7) is 6.85. The highest BCUT2D eigenvalue weighted by atomic mass is 16.5. The van der Waals surface area contributed by atoms with Gasteiger partial charge in [0.05, 0.1) is 0 Å². The van der Waals surface area contributed by atoms with Crippen molar-refractivity contribution in [3.8, 4) is 0 Å². The maximum Gasteiger partial charge on any atom is 0.164 e. The molecule has 0 aromatic rings. The minimum absolute atomic E-state index is 0.123. The van der Waals surface area contributed by atoms with E-state index >= 15 is 0 Å². The molecule has 17 heavy (non-hydrogen) atoms. The molecular formula is C15H28O2. The fourth-order valence-electron chi connectivity index (χ4n) is 2.92. The van der Waals surface area contributed by atoms with Crippen molar-refractivity contribution in [3.63, 3.8) is 0 Å². The maximum absolute atomic E-state index is 12.4. The van der Waals surface area contributed by atoms with Gasteiger partial charge in [0.15, 0.2) is 5.78 Å². The smallest absolute Gasteiger partial charge is 0.164 e. The van der Waals surface area contributed by atoms with Crippen LogP contribution in [0.4, 0.5) is 0 Å². The van der Waals surface area contributed by atoms with E-state index in [-0.39, 0.29) is 12.0 Å². The highest BCUT2D eigenvalue weighted by Crippen LogP contribution is 2.30. The lowest BCUT2D eigenvalue weighted by Crippen LogP contribution is -2.37. The number of hydrogen-bond donors (Lipinski definition) is 0. The predicted octanol–water partition coefficient (Wildman–Crippen LogP) is 3.98. The molecule has 0 N–H and O–H groups in total. The summed E-state index contributed by atoms with van der Waals surface area (Å²) in [5, 5.41) is 0. The van der Waals surface area contributed by atoms with Gasteiger partial charge in [0.25, 0.3) is 0 Å². The monoisotopic (exact) mass is 240 g/mol. The first-order chi connectivity index (χ1) is 8.20. The van der Waals surface area contributed by atoms with E-state index in [4.69, 9.17) is 4.74 Å². The molecule has 1 fully saturated rings. The summed E-state index contributed by atoms with van der Waals surface area (Å²) < 4.78 is 5.76. The molecule has 0 spiro atoms. The molecule has 0 aliphatic heterocycles. The fourth-order valence-corrected chi connectivity index (χ4v) is 2.92. The van der Waals surface area contributed by atoms with Gasteiger partial charge in [-0.05, 0) is 32.1 Å². The summed E-state index contributed by atoms with van der Waals surface area (Å²) >= 11 is 0. The molecular weight excluding hydrogens is 212 g/mol. The third kappa shape index (κ3) is 4.42. The number of rotatable bonds is 7. The SMILES string of the molecule is CCCC(C)C(=O)C(OCC)C1CCCCC1. The zero-order valence-electron chi connectivity index (χ0n) is 11.7. The summed E-state index contributed by atoms with van der Waals surface area (Å²) in [4.78, 5) is 12.4. The Bertz CT molecular complexity index is 219. The first-order valence-electron chi connectivity index (χ1n) is 7.36. The van der Waals surface area contributed by atoms with Gasteiger partial charge in [-0.3, -0.25) is 4.79 Å². The van der Waals surface area contributed by atoms with Gasteiger partial charge in [0.2, 0.25) is 0 Å². The second kappa shape index (κ2) is 7.86. The van der Waals surface area contributed by atoms with Crippen molar-refractivity contribution in [3.05, 3.63) is 0 Å². The largest absolute Gasteiger partial charge is 0.370 e. The van der Waals surface area contributed by atoms with Gasteiger partial charge in [-0.25, -0.2) is 0 Å². The lowest BCUT2D eigenvalue weighted by molar-refractivity contribution is -0.138. The van der Waals surface area contributed by atoms with Crippen molar-refractivity contribution in [2.75, 3.05) is 6.61 Å². The Balaban J connectivity index is 2.59. The molecule has 0 aromatic heterocycles. The minimum atomic E-state index is -0.123. The van der Waals surface area contributed by atoms with Crippen molar-refractivity contribution in [1.29, 1.82) is 0 Å². The lowest BCUT2D eigenvalue weighted by Gasteiger charge is -2.30. The Kier molecular flexibility index (Phi) is 6.79. The third-order valence-electron chi connectivity index (χ3n) is 3.91. The predicted molar refractivity (Wildman–Crippen MR) is 71.1 cm³/mol. The van der Waals surface area contributed by atoms with E-state index < -0.39 is 0 Å². The van der Waals surface area contributed by atoms with Crippen LogP contribution < -0.4 is 0 Å². The van der Waals surface area contributed by atoms with Crippen LogP contribution in [0.3, 0.4) is 0 Å². The number of ether oxygens (including phenoxy) is 1. The topological polar surface area (TPSA) is 26.3 Å². The van der Waals surface area contributed by atoms with E-state index in [9.17, 15) is 4.79 Å². The van der Waals surface area contributed by atoms with Gasteiger partial charge in [0.1, 0.15) is 6.10 Å². The van der Waals surface area contributed by atoms with Crippen molar-refractivity contribution in [2.24, 2.45) is 11.8 Å². The number of Topliss-reactive ketones (excluding diaryl/α,β-unsaturated/α-hetero) is 1. The van der Waals surface area contributed by atoms with E-state index in [1.165, 1.54) is 32.1 Å². The highest BCUT2D eigenvalue weighted by Gasteiger charge is 2.32. The Labute approximate surface area is 106 Å². The Morgan fingerprint density at radius 3 is 2.41 bits per heavy atom. The van der Waals surface area contributed by atoms with E-state index in [2.05, 4.69) is 13.8 Å². The average molecular weight is 240 g/mol. The van der Waals surface area contributed by atoms with Crippen molar-refractivity contribution in [2.45, 2.75) is 71.8 Å². The molecule has 0 heterocycles. The van der Waals surface area contributed by atoms with Crippen molar-refractivity contribution in [1.82, 2.24) is 0 Å². The first kappa shape index (κ1) is 14.7. The van der Waals surface area contributed by atoms with E-state index in [0.29, 0.717) is 18.3 Å². The summed E-state index contributed by atoms with van der Waals surface area (Å²) in [6, 6.07) is 0. The van der Waals surface area contributed by atoms with Crippen LogP contribution in [0.15, 0.2) is 0 Å². The highest BCUT2D eigenvalue weighted by molar-refractivity contribution is 5.85. The number of hydrogen-bond acceptors (Lipinski definition) is 2. The van der Waals surface area contributed by atoms with Crippen LogP contribution in [0.5, 0.6) is 0 Å². The molecule has 1 rings (SSSR count). The number of carbonyl (C=O) groups is 1. The molecule has 0 aromatic carbocycles. The Morgan fingerprint density at radius 1 is 1.24 bits per heavy atom. The standard InChI is InChI=1S/C15H28O2/c1-4-9-12(3)14(16)15(17-5-2)13-10-7-6-8-11-13/h12-13,15H,4-11H2,1-3H3. The molecule has 2 heteroatoms. The average Bonchev–Trinajstić information content (AvgIpc) is 2.36. The van der Waals surface area contributed by atoms with Crippen LogP contribution in [-0.2, 0) is 9.53 Å². The van der Waals surface area contributed by atoms with E-state index in [0.717, 1.165) is 12.8 Å². The lowest BCUT2D eigenvalue weighted by atomic mass is 9.81. The Hall–Kier alpha value is -0.370. The molecule has 2 unspecified atom stereocenters. The van der Waals surface area contributed by atoms with Gasteiger partial charge in [0, 0.05) is 12.5 Å². The minimum Gasteiger partial charge on any atom is -0.370 e. The molecule has 0 amide bonds. The molecule has 0 radical (unpaired) electrons. The molecule has 1 aliphatic rings.